The Balaban J connectivity index is 3.11. The minimum absolute atomic E-state index is 0.0909. The summed E-state index contributed by atoms with van der Waals surface area (Å²) in [6.45, 7) is 12.0. The number of allylic oxidation sites excluding steroid dienone is 4. The minimum atomic E-state index is -1.06. The van der Waals surface area contributed by atoms with Crippen LogP contribution in [0, 0.1) is 5.92 Å². The second kappa shape index (κ2) is 5.41. The monoisotopic (exact) mass is 250 g/mol. The largest absolute Gasteiger partial charge is 0.390 e. The molecule has 0 saturated heterocycles. The molecule has 0 aromatic heterocycles. The van der Waals surface area contributed by atoms with Gasteiger partial charge in [0.05, 0.1) is 11.7 Å². The van der Waals surface area contributed by atoms with Gasteiger partial charge in [-0.1, -0.05) is 34.4 Å². The zero-order valence-corrected chi connectivity index (χ0v) is 12.4. The first kappa shape index (κ1) is 15.2. The summed E-state index contributed by atoms with van der Waals surface area (Å²) >= 11 is 0. The van der Waals surface area contributed by atoms with Crippen molar-refractivity contribution in [1.29, 1.82) is 0 Å². The molecule has 0 heterocycles. The molecule has 2 N–H and O–H groups in total. The van der Waals surface area contributed by atoms with Crippen molar-refractivity contribution < 1.29 is 10.2 Å². The van der Waals surface area contributed by atoms with Gasteiger partial charge in [-0.15, -0.1) is 0 Å². The molecule has 0 bridgehead atoms. The Morgan fingerprint density at radius 3 is 2.22 bits per heavy atom. The zero-order chi connectivity index (χ0) is 14.1. The molecule has 1 aliphatic rings. The highest BCUT2D eigenvalue weighted by Crippen LogP contribution is 2.42. The van der Waals surface area contributed by atoms with Crippen molar-refractivity contribution >= 4 is 0 Å². The van der Waals surface area contributed by atoms with Crippen LogP contribution < -0.4 is 0 Å². The van der Waals surface area contributed by atoms with Crippen LogP contribution in [0.15, 0.2) is 34.4 Å². The van der Waals surface area contributed by atoms with Crippen LogP contribution in [-0.4, -0.2) is 21.9 Å². The summed E-state index contributed by atoms with van der Waals surface area (Å²) in [4.78, 5) is 0. The SMILES string of the molecule is CC(C)=C(C)/C=C/[C@@H]1C(=C(C)C)C[C@H](O)[C@@]1(C)O. The Labute approximate surface area is 111 Å². The molecule has 0 aliphatic heterocycles. The fraction of sp³-hybridized carbons (Fsp3) is 0.625. The van der Waals surface area contributed by atoms with Crippen LogP contribution >= 0.6 is 0 Å². The van der Waals surface area contributed by atoms with Gasteiger partial charge in [0.15, 0.2) is 0 Å². The third kappa shape index (κ3) is 2.93. The summed E-state index contributed by atoms with van der Waals surface area (Å²) < 4.78 is 0. The van der Waals surface area contributed by atoms with Crippen LogP contribution in [0.5, 0.6) is 0 Å². The quantitative estimate of drug-likeness (QED) is 0.583. The van der Waals surface area contributed by atoms with E-state index in [1.54, 1.807) is 6.92 Å². The van der Waals surface area contributed by atoms with Crippen molar-refractivity contribution in [2.45, 2.75) is 59.7 Å². The van der Waals surface area contributed by atoms with E-state index < -0.39 is 11.7 Å². The maximum Gasteiger partial charge on any atom is 0.0980 e. The lowest BCUT2D eigenvalue weighted by atomic mass is 9.87. The molecule has 102 valence electrons. The van der Waals surface area contributed by atoms with Gasteiger partial charge in [0.1, 0.15) is 0 Å². The molecule has 1 fully saturated rings. The molecule has 2 nitrogen and oxygen atoms in total. The van der Waals surface area contributed by atoms with Crippen molar-refractivity contribution in [3.05, 3.63) is 34.4 Å². The van der Waals surface area contributed by atoms with Gasteiger partial charge < -0.3 is 10.2 Å². The molecule has 0 amide bonds. The highest BCUT2D eigenvalue weighted by atomic mass is 16.3. The van der Waals surface area contributed by atoms with Crippen LogP contribution in [0.3, 0.4) is 0 Å². The summed E-state index contributed by atoms with van der Waals surface area (Å²) in [5.74, 6) is -0.0909. The highest BCUT2D eigenvalue weighted by Gasteiger charge is 2.46. The van der Waals surface area contributed by atoms with Crippen molar-refractivity contribution in [2.24, 2.45) is 5.92 Å². The molecular formula is C16H26O2. The van der Waals surface area contributed by atoms with Crippen LogP contribution in [0.1, 0.15) is 48.0 Å². The molecule has 0 aromatic carbocycles. The van der Waals surface area contributed by atoms with Gasteiger partial charge in [-0.25, -0.2) is 0 Å². The van der Waals surface area contributed by atoms with E-state index in [0.717, 1.165) is 5.57 Å². The summed E-state index contributed by atoms with van der Waals surface area (Å²) in [5, 5.41) is 20.4. The summed E-state index contributed by atoms with van der Waals surface area (Å²) in [7, 11) is 0. The van der Waals surface area contributed by atoms with Gasteiger partial charge in [-0.2, -0.15) is 0 Å². The Hall–Kier alpha value is -0.860. The van der Waals surface area contributed by atoms with Crippen LogP contribution in [0.4, 0.5) is 0 Å². The summed E-state index contributed by atoms with van der Waals surface area (Å²) in [5.41, 5.74) is 3.76. The minimum Gasteiger partial charge on any atom is -0.390 e. The first-order valence-electron chi connectivity index (χ1n) is 6.56. The average molecular weight is 250 g/mol. The molecule has 0 radical (unpaired) electrons. The van der Waals surface area contributed by atoms with Crippen LogP contribution in [-0.2, 0) is 0 Å². The first-order valence-corrected chi connectivity index (χ1v) is 6.56. The second-order valence-electron chi connectivity index (χ2n) is 5.99. The van der Waals surface area contributed by atoms with E-state index in [4.69, 9.17) is 0 Å². The van der Waals surface area contributed by atoms with Crippen molar-refractivity contribution in [2.75, 3.05) is 0 Å². The third-order valence-corrected chi connectivity index (χ3v) is 4.06. The van der Waals surface area contributed by atoms with E-state index >= 15 is 0 Å². The predicted octanol–water partition coefficient (Wildman–Crippen LogP) is 3.37. The first-order chi connectivity index (χ1) is 8.17. The number of aliphatic hydroxyl groups is 2. The van der Waals surface area contributed by atoms with Crippen LogP contribution in [0.2, 0.25) is 0 Å². The Morgan fingerprint density at radius 1 is 1.22 bits per heavy atom. The average Bonchev–Trinajstić information content (AvgIpc) is 2.47. The maximum atomic E-state index is 10.4. The van der Waals surface area contributed by atoms with Gasteiger partial charge in [-0.05, 0) is 48.0 Å². The lowest BCUT2D eigenvalue weighted by molar-refractivity contribution is -0.0547. The lowest BCUT2D eigenvalue weighted by Gasteiger charge is -2.27. The predicted molar refractivity (Wildman–Crippen MR) is 76.3 cm³/mol. The number of rotatable bonds is 2. The molecule has 18 heavy (non-hydrogen) atoms. The standard InChI is InChI=1S/C16H26O2/c1-10(2)12(5)7-8-14-13(11(3)4)9-15(17)16(14,6)18/h7-8,14-15,17-18H,9H2,1-6H3/b8-7+/t14-,15+,16+/m1/s1. The maximum absolute atomic E-state index is 10.4. The number of aliphatic hydroxyl groups excluding tert-OH is 1. The molecule has 1 aliphatic carbocycles. The molecule has 2 heteroatoms. The van der Waals surface area contributed by atoms with Gasteiger partial charge in [0.2, 0.25) is 0 Å². The third-order valence-electron chi connectivity index (χ3n) is 4.06. The van der Waals surface area contributed by atoms with E-state index in [-0.39, 0.29) is 5.92 Å². The van der Waals surface area contributed by atoms with Gasteiger partial charge in [0.25, 0.3) is 0 Å². The lowest BCUT2D eigenvalue weighted by Crippen LogP contribution is -2.39. The van der Waals surface area contributed by atoms with E-state index in [1.807, 2.05) is 19.9 Å². The Morgan fingerprint density at radius 2 is 1.78 bits per heavy atom. The van der Waals surface area contributed by atoms with E-state index in [2.05, 4.69) is 26.8 Å². The normalized spacial score (nSPS) is 32.1. The second-order valence-corrected chi connectivity index (χ2v) is 5.99. The molecule has 1 saturated carbocycles. The molecule has 0 spiro atoms. The van der Waals surface area contributed by atoms with Crippen LogP contribution in [0.25, 0.3) is 0 Å². The van der Waals surface area contributed by atoms with E-state index in [9.17, 15) is 10.2 Å². The van der Waals surface area contributed by atoms with Gasteiger partial charge >= 0.3 is 0 Å². The molecule has 0 unspecified atom stereocenters. The summed E-state index contributed by atoms with van der Waals surface area (Å²) in [6.07, 6.45) is 3.97. The Bertz CT molecular complexity index is 403. The molecule has 3 atom stereocenters. The van der Waals surface area contributed by atoms with Crippen molar-refractivity contribution in [1.82, 2.24) is 0 Å². The van der Waals surface area contributed by atoms with E-state index in [0.29, 0.717) is 6.42 Å². The smallest absolute Gasteiger partial charge is 0.0980 e. The van der Waals surface area contributed by atoms with Crippen molar-refractivity contribution in [3.8, 4) is 0 Å². The topological polar surface area (TPSA) is 40.5 Å². The highest BCUT2D eigenvalue weighted by molar-refractivity contribution is 5.33. The molecular weight excluding hydrogens is 224 g/mol. The van der Waals surface area contributed by atoms with Gasteiger partial charge in [0, 0.05) is 5.92 Å². The zero-order valence-electron chi connectivity index (χ0n) is 12.4. The fourth-order valence-corrected chi connectivity index (χ4v) is 2.34. The summed E-state index contributed by atoms with van der Waals surface area (Å²) in [6, 6.07) is 0. The fourth-order valence-electron chi connectivity index (χ4n) is 2.34. The van der Waals surface area contributed by atoms with Crippen molar-refractivity contribution in [3.63, 3.8) is 0 Å². The number of hydrogen-bond acceptors (Lipinski definition) is 2. The Kier molecular flexibility index (Phi) is 4.57. The molecule has 1 rings (SSSR count). The number of hydrogen-bond donors (Lipinski definition) is 2. The van der Waals surface area contributed by atoms with E-state index in [1.165, 1.54) is 16.7 Å². The van der Waals surface area contributed by atoms with Gasteiger partial charge in [-0.3, -0.25) is 0 Å². The molecule has 0 aromatic rings.